The van der Waals surface area contributed by atoms with Gasteiger partial charge in [0.15, 0.2) is 0 Å². The predicted molar refractivity (Wildman–Crippen MR) is 107 cm³/mol. The quantitative estimate of drug-likeness (QED) is 0.550. The van der Waals surface area contributed by atoms with Gasteiger partial charge in [0, 0.05) is 11.4 Å². The molecule has 0 radical (unpaired) electrons. The molecule has 0 saturated carbocycles. The SMILES string of the molecule is COC(=O)c1c(C(=O)OC)c2n(c1C)[C@H]1S[C@@H]2[C@@H]2C(=O)N(c3ccccc3)C(=O)[C@@H]21. The third-order valence-electron chi connectivity index (χ3n) is 6.12. The number of carbonyl (C=O) groups is 4. The van der Waals surface area contributed by atoms with E-state index < -0.39 is 29.0 Å². The van der Waals surface area contributed by atoms with Crippen molar-refractivity contribution in [1.29, 1.82) is 0 Å². The number of hydrogen-bond donors (Lipinski definition) is 0. The highest BCUT2D eigenvalue weighted by Gasteiger charge is 2.66. The molecule has 3 aliphatic rings. The van der Waals surface area contributed by atoms with Crippen LogP contribution >= 0.6 is 11.8 Å². The van der Waals surface area contributed by atoms with Crippen LogP contribution in [-0.2, 0) is 19.1 Å². The van der Waals surface area contributed by atoms with Gasteiger partial charge in [-0.05, 0) is 19.1 Å². The largest absolute Gasteiger partial charge is 0.465 e. The second-order valence-corrected chi connectivity index (χ2v) is 8.68. The summed E-state index contributed by atoms with van der Waals surface area (Å²) in [7, 11) is 2.49. The molecule has 5 rings (SSSR count). The molecule has 9 heteroatoms. The summed E-state index contributed by atoms with van der Waals surface area (Å²) in [6.07, 6.45) is 0. The number of benzene rings is 1. The molecule has 0 N–H and O–H groups in total. The number of fused-ring (bicyclic) bond motifs is 8. The zero-order valence-corrected chi connectivity index (χ0v) is 17.3. The van der Waals surface area contributed by atoms with Crippen molar-refractivity contribution in [1.82, 2.24) is 4.57 Å². The molecule has 3 aliphatic heterocycles. The maximum atomic E-state index is 13.3. The Hall–Kier alpha value is -3.07. The van der Waals surface area contributed by atoms with E-state index >= 15 is 0 Å². The lowest BCUT2D eigenvalue weighted by molar-refractivity contribution is -0.122. The molecule has 30 heavy (non-hydrogen) atoms. The molecular weight excluding hydrogens is 408 g/mol. The summed E-state index contributed by atoms with van der Waals surface area (Å²) in [5, 5.41) is -0.793. The van der Waals surface area contributed by atoms with Gasteiger partial charge in [0.1, 0.15) is 0 Å². The summed E-state index contributed by atoms with van der Waals surface area (Å²) in [6.45, 7) is 1.72. The molecule has 0 spiro atoms. The third-order valence-corrected chi connectivity index (χ3v) is 7.72. The maximum absolute atomic E-state index is 13.3. The van der Waals surface area contributed by atoms with Crippen molar-refractivity contribution in [3.8, 4) is 0 Å². The number of imide groups is 1. The first-order chi connectivity index (χ1) is 14.4. The number of nitrogens with zero attached hydrogens (tertiary/aromatic N) is 2. The van der Waals surface area contributed by atoms with Crippen LogP contribution in [-0.4, -0.2) is 42.5 Å². The van der Waals surface area contributed by atoms with Crippen LogP contribution in [0.15, 0.2) is 30.3 Å². The van der Waals surface area contributed by atoms with Crippen molar-refractivity contribution in [2.24, 2.45) is 11.8 Å². The molecule has 4 atom stereocenters. The van der Waals surface area contributed by atoms with Crippen LogP contribution in [0.4, 0.5) is 5.69 Å². The van der Waals surface area contributed by atoms with Gasteiger partial charge >= 0.3 is 11.9 Å². The zero-order chi connectivity index (χ0) is 21.3. The van der Waals surface area contributed by atoms with Gasteiger partial charge in [-0.15, -0.1) is 11.8 Å². The van der Waals surface area contributed by atoms with E-state index in [-0.39, 0.29) is 28.3 Å². The fourth-order valence-electron chi connectivity index (χ4n) is 4.94. The van der Waals surface area contributed by atoms with Crippen LogP contribution in [0, 0.1) is 18.8 Å². The minimum atomic E-state index is -0.659. The van der Waals surface area contributed by atoms with Gasteiger partial charge in [0.05, 0.1) is 53.5 Å². The van der Waals surface area contributed by atoms with Crippen molar-refractivity contribution < 1.29 is 28.7 Å². The first-order valence-electron chi connectivity index (χ1n) is 9.42. The van der Waals surface area contributed by atoms with Gasteiger partial charge in [-0.1, -0.05) is 18.2 Å². The smallest absolute Gasteiger partial charge is 0.340 e. The minimum Gasteiger partial charge on any atom is -0.465 e. The van der Waals surface area contributed by atoms with Gasteiger partial charge in [0.25, 0.3) is 0 Å². The highest BCUT2D eigenvalue weighted by atomic mass is 32.2. The van der Waals surface area contributed by atoms with Crippen LogP contribution in [0.2, 0.25) is 0 Å². The number of rotatable bonds is 3. The molecule has 2 aromatic rings. The summed E-state index contributed by atoms with van der Waals surface area (Å²) < 4.78 is 11.7. The normalized spacial score (nSPS) is 26.0. The summed E-state index contributed by atoms with van der Waals surface area (Å²) in [5.41, 5.74) is 1.89. The van der Waals surface area contributed by atoms with Crippen LogP contribution in [0.3, 0.4) is 0 Å². The topological polar surface area (TPSA) is 94.9 Å². The van der Waals surface area contributed by atoms with Gasteiger partial charge in [-0.2, -0.15) is 0 Å². The monoisotopic (exact) mass is 426 g/mol. The molecule has 1 aromatic carbocycles. The average Bonchev–Trinajstić information content (AvgIpc) is 3.46. The number of aromatic nitrogens is 1. The minimum absolute atomic E-state index is 0.124. The molecule has 0 aliphatic carbocycles. The van der Waals surface area contributed by atoms with Crippen LogP contribution in [0.25, 0.3) is 0 Å². The molecule has 0 unspecified atom stereocenters. The van der Waals surface area contributed by atoms with E-state index in [1.165, 1.54) is 30.9 Å². The van der Waals surface area contributed by atoms with Crippen LogP contribution in [0.5, 0.6) is 0 Å². The molecular formula is C21H18N2O6S. The number of anilines is 1. The fraction of sp³-hybridized carbons (Fsp3) is 0.333. The Morgan fingerprint density at radius 3 is 2.17 bits per heavy atom. The second kappa shape index (κ2) is 6.46. The Labute approximate surface area is 176 Å². The summed E-state index contributed by atoms with van der Waals surface area (Å²) in [4.78, 5) is 52.9. The molecule has 8 nitrogen and oxygen atoms in total. The lowest BCUT2D eigenvalue weighted by atomic mass is 9.86. The number of carbonyl (C=O) groups excluding carboxylic acids is 4. The summed E-state index contributed by atoms with van der Waals surface area (Å²) in [6, 6.07) is 8.83. The van der Waals surface area contributed by atoms with E-state index in [2.05, 4.69) is 0 Å². The molecule has 4 heterocycles. The number of methoxy groups -OCH3 is 2. The van der Waals surface area contributed by atoms with Gasteiger partial charge < -0.3 is 14.0 Å². The maximum Gasteiger partial charge on any atom is 0.340 e. The van der Waals surface area contributed by atoms with Crippen LogP contribution in [0.1, 0.15) is 42.7 Å². The Morgan fingerprint density at radius 2 is 1.53 bits per heavy atom. The second-order valence-electron chi connectivity index (χ2n) is 7.42. The fourth-order valence-corrected chi connectivity index (χ4v) is 6.90. The highest BCUT2D eigenvalue weighted by molar-refractivity contribution is 8.00. The first-order valence-corrected chi connectivity index (χ1v) is 10.4. The van der Waals surface area contributed by atoms with Gasteiger partial charge in [-0.3, -0.25) is 9.59 Å². The van der Waals surface area contributed by atoms with Crippen molar-refractivity contribution >= 4 is 41.2 Å². The summed E-state index contributed by atoms with van der Waals surface area (Å²) in [5.74, 6) is -2.99. The van der Waals surface area contributed by atoms with Crippen molar-refractivity contribution in [2.75, 3.05) is 19.1 Å². The molecule has 2 saturated heterocycles. The third kappa shape index (κ3) is 2.18. The molecule has 1 aromatic heterocycles. The van der Waals surface area contributed by atoms with Crippen molar-refractivity contribution in [2.45, 2.75) is 17.5 Å². The number of amides is 2. The van der Waals surface area contributed by atoms with E-state index in [0.29, 0.717) is 17.1 Å². The zero-order valence-electron chi connectivity index (χ0n) is 16.4. The lowest BCUT2D eigenvalue weighted by Crippen LogP contribution is -2.32. The van der Waals surface area contributed by atoms with E-state index in [4.69, 9.17) is 9.47 Å². The number of esters is 2. The van der Waals surface area contributed by atoms with E-state index in [1.54, 1.807) is 31.2 Å². The van der Waals surface area contributed by atoms with Crippen molar-refractivity contribution in [3.05, 3.63) is 52.8 Å². The van der Waals surface area contributed by atoms with Crippen LogP contribution < -0.4 is 4.90 Å². The van der Waals surface area contributed by atoms with E-state index in [1.807, 2.05) is 10.6 Å². The Balaban J connectivity index is 1.66. The predicted octanol–water partition coefficient (Wildman–Crippen LogP) is 2.48. The molecule has 2 bridgehead atoms. The highest BCUT2D eigenvalue weighted by Crippen LogP contribution is 2.67. The molecule has 154 valence electrons. The Morgan fingerprint density at radius 1 is 0.933 bits per heavy atom. The van der Waals surface area contributed by atoms with E-state index in [0.717, 1.165) is 0 Å². The van der Waals surface area contributed by atoms with Gasteiger partial charge in [-0.25, -0.2) is 14.5 Å². The number of thioether (sulfide) groups is 1. The average molecular weight is 426 g/mol. The molecule has 2 amide bonds. The van der Waals surface area contributed by atoms with E-state index in [9.17, 15) is 19.2 Å². The van der Waals surface area contributed by atoms with Crippen molar-refractivity contribution in [3.63, 3.8) is 0 Å². The number of ether oxygens (including phenoxy) is 2. The first kappa shape index (κ1) is 18.9. The number of hydrogen-bond acceptors (Lipinski definition) is 7. The standard InChI is InChI=1S/C21H18N2O6S/c1-9-11(20(26)28-2)12(21(27)29-3)15-16-13-14(19(30-16)22(9)15)18(25)23(17(13)24)10-7-5-4-6-8-10/h4-8,13-14,16,19H,1-3H3/t13-,14-,16-,19+/m1/s1. The summed E-state index contributed by atoms with van der Waals surface area (Å²) >= 11 is 1.48. The Kier molecular flexibility index (Phi) is 4.08. The molecule has 2 fully saturated rings. The van der Waals surface area contributed by atoms with Gasteiger partial charge in [0.2, 0.25) is 11.8 Å². The lowest BCUT2D eigenvalue weighted by Gasteiger charge is -2.23. The number of para-hydroxylation sites is 1. The Bertz CT molecular complexity index is 1120.